The minimum absolute atomic E-state index is 0.0943. The van der Waals surface area contributed by atoms with Crippen LogP contribution in [0.2, 0.25) is 0 Å². The van der Waals surface area contributed by atoms with Crippen LogP contribution in [0.15, 0.2) is 18.2 Å². The summed E-state index contributed by atoms with van der Waals surface area (Å²) in [6.45, 7) is 10.3. The van der Waals surface area contributed by atoms with Crippen LogP contribution in [0.1, 0.15) is 97.1 Å². The van der Waals surface area contributed by atoms with Gasteiger partial charge in [0.15, 0.2) is 0 Å². The van der Waals surface area contributed by atoms with E-state index in [0.717, 1.165) is 50.7 Å². The smallest absolute Gasteiger partial charge is 0.381 e. The molecule has 0 unspecified atom stereocenters. The Morgan fingerprint density at radius 1 is 0.829 bits per heavy atom. The van der Waals surface area contributed by atoms with Crippen molar-refractivity contribution in [2.24, 2.45) is 17.8 Å². The highest BCUT2D eigenvalue weighted by Crippen LogP contribution is 2.34. The number of alkyl halides is 3. The molecule has 35 heavy (non-hydrogen) atoms. The van der Waals surface area contributed by atoms with Crippen molar-refractivity contribution < 1.29 is 31.5 Å². The van der Waals surface area contributed by atoms with Crippen molar-refractivity contribution in [3.63, 3.8) is 0 Å². The fourth-order valence-corrected chi connectivity index (χ4v) is 4.15. The van der Waals surface area contributed by atoms with Gasteiger partial charge in [0.2, 0.25) is 0 Å². The van der Waals surface area contributed by atoms with Gasteiger partial charge in [0, 0.05) is 13.0 Å². The van der Waals surface area contributed by atoms with Gasteiger partial charge in [-0.2, -0.15) is 13.2 Å². The van der Waals surface area contributed by atoms with Gasteiger partial charge in [-0.25, -0.2) is 8.78 Å². The molecule has 2 aliphatic carbocycles. The first-order valence-electron chi connectivity index (χ1n) is 12.9. The van der Waals surface area contributed by atoms with E-state index >= 15 is 0 Å². The topological polar surface area (TPSA) is 26.3 Å². The summed E-state index contributed by atoms with van der Waals surface area (Å²) < 4.78 is 69.6. The predicted molar refractivity (Wildman–Crippen MR) is 133 cm³/mol. The molecule has 2 saturated carbocycles. The van der Waals surface area contributed by atoms with Crippen LogP contribution in [-0.2, 0) is 15.7 Å². The standard InChI is InChI=1S/C16H17F5O.C8H14O.2C2H6/c1-22-12-6-4-10(5-7-12)2-3-11-8-13(17)15(14(18)9-11)16(19,20)21;1-7-2-4-8(6-9)5-3-7;2*1-2/h2-3,8-10,12H,4-7H2,1H3;6-8H,2-5H2,1H3;2*1-2H3/b3-2+;;;. The summed E-state index contributed by atoms with van der Waals surface area (Å²) >= 11 is 0. The molecule has 0 saturated heterocycles. The molecule has 3 rings (SSSR count). The molecule has 0 spiro atoms. The number of benzene rings is 1. The quantitative estimate of drug-likeness (QED) is 0.300. The average Bonchev–Trinajstić information content (AvgIpc) is 2.85. The lowest BCUT2D eigenvalue weighted by Crippen LogP contribution is -2.19. The lowest BCUT2D eigenvalue weighted by Gasteiger charge is -2.25. The van der Waals surface area contributed by atoms with Crippen molar-refractivity contribution in [1.82, 2.24) is 0 Å². The highest BCUT2D eigenvalue weighted by Gasteiger charge is 2.37. The van der Waals surface area contributed by atoms with Gasteiger partial charge in [0.1, 0.15) is 23.5 Å². The maximum atomic E-state index is 13.5. The van der Waals surface area contributed by atoms with Gasteiger partial charge in [0.25, 0.3) is 0 Å². The number of rotatable bonds is 4. The lowest BCUT2D eigenvalue weighted by molar-refractivity contribution is -0.142. The van der Waals surface area contributed by atoms with E-state index in [1.165, 1.54) is 18.9 Å². The summed E-state index contributed by atoms with van der Waals surface area (Å²) in [5.41, 5.74) is -1.75. The number of carbonyl (C=O) groups excluding carboxylic acids is 1. The molecular weight excluding hydrogens is 463 g/mol. The first-order valence-corrected chi connectivity index (χ1v) is 12.9. The third kappa shape index (κ3) is 12.2. The van der Waals surface area contributed by atoms with E-state index in [0.29, 0.717) is 18.1 Å². The van der Waals surface area contributed by atoms with Crippen molar-refractivity contribution in [3.8, 4) is 0 Å². The maximum absolute atomic E-state index is 13.5. The van der Waals surface area contributed by atoms with Crippen LogP contribution in [0.4, 0.5) is 22.0 Å². The Bertz CT molecular complexity index is 706. The van der Waals surface area contributed by atoms with Gasteiger partial charge in [-0.3, -0.25) is 0 Å². The molecule has 0 heterocycles. The molecule has 0 bridgehead atoms. The largest absolute Gasteiger partial charge is 0.422 e. The summed E-state index contributed by atoms with van der Waals surface area (Å²) in [5.74, 6) is -1.67. The molecule has 0 radical (unpaired) electrons. The Balaban J connectivity index is 0.000000740. The number of hydrogen-bond acceptors (Lipinski definition) is 2. The van der Waals surface area contributed by atoms with Gasteiger partial charge in [0.05, 0.1) is 6.10 Å². The second kappa shape index (κ2) is 17.6. The highest BCUT2D eigenvalue weighted by atomic mass is 19.4. The van der Waals surface area contributed by atoms with Crippen molar-refractivity contribution in [2.45, 2.75) is 98.3 Å². The zero-order valence-corrected chi connectivity index (χ0v) is 22.1. The van der Waals surface area contributed by atoms with Crippen LogP contribution < -0.4 is 0 Å². The van der Waals surface area contributed by atoms with E-state index in [9.17, 15) is 26.7 Å². The molecular formula is C28H43F5O2. The molecule has 0 aliphatic heterocycles. The summed E-state index contributed by atoms with van der Waals surface area (Å²) in [7, 11) is 1.66. The summed E-state index contributed by atoms with van der Waals surface area (Å²) in [6, 6.07) is 1.42. The molecule has 0 atom stereocenters. The number of hydrogen-bond donors (Lipinski definition) is 0. The molecule has 0 N–H and O–H groups in total. The van der Waals surface area contributed by atoms with Crippen molar-refractivity contribution >= 4 is 12.4 Å². The zero-order valence-electron chi connectivity index (χ0n) is 22.1. The van der Waals surface area contributed by atoms with Gasteiger partial charge in [-0.15, -0.1) is 0 Å². The van der Waals surface area contributed by atoms with Crippen LogP contribution in [0.3, 0.4) is 0 Å². The van der Waals surface area contributed by atoms with Crippen LogP contribution in [0.25, 0.3) is 6.08 Å². The Hall–Kier alpha value is -1.76. The minimum Gasteiger partial charge on any atom is -0.381 e. The molecule has 1 aromatic carbocycles. The maximum Gasteiger partial charge on any atom is 0.422 e. The molecule has 1 aromatic rings. The van der Waals surface area contributed by atoms with Gasteiger partial charge < -0.3 is 9.53 Å². The Morgan fingerprint density at radius 2 is 1.29 bits per heavy atom. The summed E-state index contributed by atoms with van der Waals surface area (Å²) in [5, 5.41) is 0. The number of allylic oxidation sites excluding steroid dienone is 1. The molecule has 2 nitrogen and oxygen atoms in total. The van der Waals surface area contributed by atoms with E-state index in [1.54, 1.807) is 13.2 Å². The van der Waals surface area contributed by atoms with Crippen molar-refractivity contribution in [1.29, 1.82) is 0 Å². The number of methoxy groups -OCH3 is 1. The SMILES string of the molecule is CC.CC.CC1CCC(C=O)CC1.COC1CCC(/C=C/c2cc(F)c(C(F)(F)F)c(F)c2)CC1. The van der Waals surface area contributed by atoms with Gasteiger partial charge >= 0.3 is 6.18 Å². The van der Waals surface area contributed by atoms with Crippen LogP contribution in [0.5, 0.6) is 0 Å². The Kier molecular flexibility index (Phi) is 16.7. The normalized spacial score (nSPS) is 24.2. The first-order chi connectivity index (χ1) is 16.6. The third-order valence-corrected chi connectivity index (χ3v) is 6.21. The molecule has 7 heteroatoms. The molecule has 2 fully saturated rings. The first kappa shape index (κ1) is 33.2. The van der Waals surface area contributed by atoms with E-state index in [1.807, 2.05) is 27.7 Å². The number of halogens is 5. The van der Waals surface area contributed by atoms with Crippen LogP contribution in [-0.4, -0.2) is 19.5 Å². The Morgan fingerprint density at radius 3 is 1.69 bits per heavy atom. The average molecular weight is 507 g/mol. The van der Waals surface area contributed by atoms with Crippen molar-refractivity contribution in [3.05, 3.63) is 41.0 Å². The van der Waals surface area contributed by atoms with E-state index in [-0.39, 0.29) is 17.6 Å². The minimum atomic E-state index is -5.03. The van der Waals surface area contributed by atoms with Gasteiger partial charge in [-0.1, -0.05) is 59.6 Å². The summed E-state index contributed by atoms with van der Waals surface area (Å²) in [6.07, 6.45) is 7.95. The number of carbonyl (C=O) groups is 1. The van der Waals surface area contributed by atoms with E-state index in [2.05, 4.69) is 6.92 Å². The molecule has 0 aromatic heterocycles. The zero-order chi connectivity index (χ0) is 27.0. The molecule has 202 valence electrons. The third-order valence-electron chi connectivity index (χ3n) is 6.21. The van der Waals surface area contributed by atoms with E-state index < -0.39 is 23.4 Å². The second-order valence-electron chi connectivity index (χ2n) is 8.64. The molecule has 0 amide bonds. The second-order valence-corrected chi connectivity index (χ2v) is 8.64. The lowest BCUT2D eigenvalue weighted by atomic mass is 9.84. The predicted octanol–water partition coefficient (Wildman–Crippen LogP) is 9.27. The molecule has 2 aliphatic rings. The Labute approximate surface area is 208 Å². The van der Waals surface area contributed by atoms with E-state index in [4.69, 9.17) is 4.74 Å². The van der Waals surface area contributed by atoms with Gasteiger partial charge in [-0.05, 0) is 68.1 Å². The monoisotopic (exact) mass is 506 g/mol. The summed E-state index contributed by atoms with van der Waals surface area (Å²) in [4.78, 5) is 10.3. The fraction of sp³-hybridized carbons (Fsp3) is 0.679. The number of ether oxygens (including phenoxy) is 1. The fourth-order valence-electron chi connectivity index (χ4n) is 4.15. The van der Waals surface area contributed by atoms with Crippen LogP contribution >= 0.6 is 0 Å². The highest BCUT2D eigenvalue weighted by molar-refractivity contribution is 5.53. The van der Waals surface area contributed by atoms with Crippen molar-refractivity contribution in [2.75, 3.05) is 7.11 Å². The number of aldehydes is 1. The van der Waals surface area contributed by atoms with Crippen LogP contribution in [0, 0.1) is 29.4 Å².